The molecule has 7 heteroatoms. The van der Waals surface area contributed by atoms with Gasteiger partial charge in [0, 0.05) is 13.0 Å². The zero-order valence-corrected chi connectivity index (χ0v) is 14.8. The molecular formula is C14H29N2O4P. The van der Waals surface area contributed by atoms with E-state index in [1.165, 1.54) is 0 Å². The van der Waals surface area contributed by atoms with Crippen molar-refractivity contribution in [2.24, 2.45) is 11.1 Å². The Bertz CT molecular complexity index is 379. The van der Waals surface area contributed by atoms with Crippen molar-refractivity contribution in [2.75, 3.05) is 25.9 Å². The van der Waals surface area contributed by atoms with Gasteiger partial charge in [0.05, 0.1) is 13.2 Å². The summed E-state index contributed by atoms with van der Waals surface area (Å²) in [5, 5.41) is 4.12. The standard InChI is InChI=1S/C14H29N2O4P/c1-6-12(5)10-16-13(15-20-14(16)7-2)11-21(17,18-8-3)19-9-4/h12,14H,6-11H2,1-5H3. The fourth-order valence-corrected chi connectivity index (χ4v) is 3.82. The first-order chi connectivity index (χ1) is 9.99. The molecule has 0 aromatic carbocycles. The average Bonchev–Trinajstić information content (AvgIpc) is 2.81. The quantitative estimate of drug-likeness (QED) is 0.575. The zero-order chi connectivity index (χ0) is 15.9. The number of nitrogens with zero attached hydrogens (tertiary/aromatic N) is 2. The topological polar surface area (TPSA) is 60.4 Å². The Morgan fingerprint density at radius 2 is 1.90 bits per heavy atom. The van der Waals surface area contributed by atoms with Gasteiger partial charge in [0.1, 0.15) is 6.16 Å². The Labute approximate surface area is 128 Å². The predicted molar refractivity (Wildman–Crippen MR) is 84.5 cm³/mol. The second-order valence-corrected chi connectivity index (χ2v) is 7.30. The number of hydrogen-bond acceptors (Lipinski definition) is 6. The average molecular weight is 320 g/mol. The molecule has 1 heterocycles. The molecule has 0 N–H and O–H groups in total. The van der Waals surface area contributed by atoms with Gasteiger partial charge in [0.25, 0.3) is 0 Å². The summed E-state index contributed by atoms with van der Waals surface area (Å²) in [4.78, 5) is 7.55. The lowest BCUT2D eigenvalue weighted by Gasteiger charge is -2.28. The summed E-state index contributed by atoms with van der Waals surface area (Å²) in [7, 11) is -3.15. The van der Waals surface area contributed by atoms with Gasteiger partial charge in [-0.05, 0) is 19.8 Å². The van der Waals surface area contributed by atoms with E-state index in [9.17, 15) is 4.57 Å². The van der Waals surface area contributed by atoms with Crippen molar-refractivity contribution in [1.82, 2.24) is 4.90 Å². The van der Waals surface area contributed by atoms with Crippen molar-refractivity contribution >= 4 is 13.4 Å². The third-order valence-corrected chi connectivity index (χ3v) is 5.47. The van der Waals surface area contributed by atoms with Crippen LogP contribution in [0.3, 0.4) is 0 Å². The maximum absolute atomic E-state index is 12.7. The van der Waals surface area contributed by atoms with Crippen LogP contribution in [-0.4, -0.2) is 42.9 Å². The molecule has 0 saturated heterocycles. The Hall–Kier alpha value is -0.580. The molecule has 124 valence electrons. The van der Waals surface area contributed by atoms with Crippen molar-refractivity contribution in [3.05, 3.63) is 0 Å². The van der Waals surface area contributed by atoms with E-state index in [-0.39, 0.29) is 12.4 Å². The Morgan fingerprint density at radius 1 is 1.29 bits per heavy atom. The largest absolute Gasteiger partial charge is 0.369 e. The molecule has 6 nitrogen and oxygen atoms in total. The molecule has 2 unspecified atom stereocenters. The molecular weight excluding hydrogens is 291 g/mol. The van der Waals surface area contributed by atoms with Crippen molar-refractivity contribution in [3.63, 3.8) is 0 Å². The zero-order valence-electron chi connectivity index (χ0n) is 13.9. The lowest BCUT2D eigenvalue weighted by molar-refractivity contribution is 0.00355. The first-order valence-corrected chi connectivity index (χ1v) is 9.59. The molecule has 0 saturated carbocycles. The summed E-state index contributed by atoms with van der Waals surface area (Å²) < 4.78 is 23.4. The molecule has 21 heavy (non-hydrogen) atoms. The predicted octanol–water partition coefficient (Wildman–Crippen LogP) is 3.68. The van der Waals surface area contributed by atoms with Crippen LogP contribution in [0.5, 0.6) is 0 Å². The Balaban J connectivity index is 2.80. The highest BCUT2D eigenvalue weighted by molar-refractivity contribution is 7.54. The van der Waals surface area contributed by atoms with Crippen LogP contribution in [0.1, 0.15) is 47.5 Å². The molecule has 0 radical (unpaired) electrons. The highest BCUT2D eigenvalue weighted by Gasteiger charge is 2.36. The fourth-order valence-electron chi connectivity index (χ4n) is 2.19. The number of amidine groups is 1. The molecule has 1 rings (SSSR count). The van der Waals surface area contributed by atoms with Crippen molar-refractivity contribution in [2.45, 2.75) is 53.7 Å². The molecule has 0 amide bonds. The SMILES string of the molecule is CCOP(=O)(CC1=NOC(CC)N1CC(C)CC)OCC. The summed E-state index contributed by atoms with van der Waals surface area (Å²) in [5.41, 5.74) is 0. The highest BCUT2D eigenvalue weighted by atomic mass is 31.2. The van der Waals surface area contributed by atoms with Crippen LogP contribution in [0.25, 0.3) is 0 Å². The minimum Gasteiger partial charge on any atom is -0.369 e. The van der Waals surface area contributed by atoms with Gasteiger partial charge in [-0.1, -0.05) is 32.3 Å². The van der Waals surface area contributed by atoms with Crippen molar-refractivity contribution in [3.8, 4) is 0 Å². The van der Waals surface area contributed by atoms with E-state index >= 15 is 0 Å². The van der Waals surface area contributed by atoms with Crippen LogP contribution in [0.4, 0.5) is 0 Å². The number of rotatable bonds is 10. The maximum atomic E-state index is 12.7. The van der Waals surface area contributed by atoms with Gasteiger partial charge in [-0.25, -0.2) is 0 Å². The van der Waals surface area contributed by atoms with Crippen molar-refractivity contribution in [1.29, 1.82) is 0 Å². The minimum atomic E-state index is -3.15. The maximum Gasteiger partial charge on any atom is 0.338 e. The smallest absolute Gasteiger partial charge is 0.338 e. The first-order valence-electron chi connectivity index (χ1n) is 7.87. The van der Waals surface area contributed by atoms with Gasteiger partial charge >= 0.3 is 7.60 Å². The third-order valence-electron chi connectivity index (χ3n) is 3.50. The molecule has 0 bridgehead atoms. The monoisotopic (exact) mass is 320 g/mol. The summed E-state index contributed by atoms with van der Waals surface area (Å²) in [6.45, 7) is 11.6. The summed E-state index contributed by atoms with van der Waals surface area (Å²) in [6.07, 6.45) is 2.00. The van der Waals surface area contributed by atoms with E-state index in [1.54, 1.807) is 0 Å². The van der Waals surface area contributed by atoms with Gasteiger partial charge in [0.15, 0.2) is 5.84 Å². The van der Waals surface area contributed by atoms with Crippen LogP contribution >= 0.6 is 7.60 Å². The van der Waals surface area contributed by atoms with Crippen LogP contribution in [0, 0.1) is 5.92 Å². The normalized spacial score (nSPS) is 20.3. The lowest BCUT2D eigenvalue weighted by atomic mass is 10.1. The minimum absolute atomic E-state index is 0.0781. The number of hydrogen-bond donors (Lipinski definition) is 0. The highest BCUT2D eigenvalue weighted by Crippen LogP contribution is 2.48. The molecule has 0 aromatic rings. The summed E-state index contributed by atoms with van der Waals surface area (Å²) in [6, 6.07) is 0. The lowest BCUT2D eigenvalue weighted by Crippen LogP contribution is -2.40. The molecule has 0 fully saturated rings. The second kappa shape index (κ2) is 8.76. The van der Waals surface area contributed by atoms with Gasteiger partial charge < -0.3 is 18.8 Å². The van der Waals surface area contributed by atoms with E-state index in [4.69, 9.17) is 13.9 Å². The molecule has 2 atom stereocenters. The van der Waals surface area contributed by atoms with E-state index in [0.717, 1.165) is 19.4 Å². The molecule has 0 spiro atoms. The molecule has 0 aliphatic carbocycles. The molecule has 0 aromatic heterocycles. The van der Waals surface area contributed by atoms with E-state index < -0.39 is 7.60 Å². The summed E-state index contributed by atoms with van der Waals surface area (Å²) in [5.74, 6) is 1.19. The van der Waals surface area contributed by atoms with Crippen molar-refractivity contribution < 1.29 is 18.5 Å². The van der Waals surface area contributed by atoms with Crippen LogP contribution in [-0.2, 0) is 18.5 Å². The van der Waals surface area contributed by atoms with Crippen LogP contribution in [0.2, 0.25) is 0 Å². The van der Waals surface area contributed by atoms with E-state index in [2.05, 4.69) is 30.8 Å². The first kappa shape index (κ1) is 18.5. The Kier molecular flexibility index (Phi) is 7.71. The molecule has 1 aliphatic heterocycles. The third kappa shape index (κ3) is 5.28. The van der Waals surface area contributed by atoms with Gasteiger partial charge in [-0.3, -0.25) is 4.57 Å². The van der Waals surface area contributed by atoms with Crippen LogP contribution < -0.4 is 0 Å². The molecule has 1 aliphatic rings. The van der Waals surface area contributed by atoms with E-state index in [1.807, 2.05) is 13.8 Å². The summed E-state index contributed by atoms with van der Waals surface area (Å²) >= 11 is 0. The van der Waals surface area contributed by atoms with Gasteiger partial charge in [-0.2, -0.15) is 0 Å². The van der Waals surface area contributed by atoms with E-state index in [0.29, 0.717) is 25.0 Å². The number of oxime groups is 1. The Morgan fingerprint density at radius 3 is 2.38 bits per heavy atom. The van der Waals surface area contributed by atoms with Crippen LogP contribution in [0.15, 0.2) is 5.16 Å². The fraction of sp³-hybridized carbons (Fsp3) is 0.929. The van der Waals surface area contributed by atoms with Gasteiger partial charge in [-0.15, -0.1) is 0 Å². The second-order valence-electron chi connectivity index (χ2n) is 5.25. The van der Waals surface area contributed by atoms with Gasteiger partial charge in [0.2, 0.25) is 6.23 Å².